The monoisotopic (exact) mass is 281 g/mol. The Labute approximate surface area is 113 Å². The summed E-state index contributed by atoms with van der Waals surface area (Å²) in [5.41, 5.74) is -0.331. The van der Waals surface area contributed by atoms with Crippen LogP contribution in [0.15, 0.2) is 29.8 Å². The molecule has 1 atom stereocenters. The number of halogens is 1. The summed E-state index contributed by atoms with van der Waals surface area (Å²) in [6, 6.07) is 4.02. The van der Waals surface area contributed by atoms with Gasteiger partial charge in [0.05, 0.1) is 9.93 Å². The smallest absolute Gasteiger partial charge is 0.327 e. The molecule has 0 amide bonds. The standard InChI is InChI=1S/C12H12FN3O2S/c1-8(12-14-5-6-19-12)7-15-10-4-2-3-9(13)11(10)16(17)18/h2-6,8,15H,7H2,1H3/t8-/m1/s1. The van der Waals surface area contributed by atoms with E-state index in [1.165, 1.54) is 23.5 Å². The Kier molecular flexibility index (Phi) is 4.06. The van der Waals surface area contributed by atoms with Crippen molar-refractivity contribution in [2.75, 3.05) is 11.9 Å². The van der Waals surface area contributed by atoms with E-state index < -0.39 is 16.4 Å². The summed E-state index contributed by atoms with van der Waals surface area (Å²) < 4.78 is 13.4. The predicted molar refractivity (Wildman–Crippen MR) is 72.1 cm³/mol. The van der Waals surface area contributed by atoms with Gasteiger partial charge >= 0.3 is 5.69 Å². The number of nitrogens with one attached hydrogen (secondary N) is 1. The molecule has 0 radical (unpaired) electrons. The highest BCUT2D eigenvalue weighted by atomic mass is 32.1. The zero-order valence-electron chi connectivity index (χ0n) is 10.2. The molecule has 2 aromatic rings. The molecule has 0 aliphatic carbocycles. The lowest BCUT2D eigenvalue weighted by Crippen LogP contribution is -2.11. The first kappa shape index (κ1) is 13.4. The van der Waals surface area contributed by atoms with E-state index in [0.29, 0.717) is 6.54 Å². The van der Waals surface area contributed by atoms with E-state index in [1.54, 1.807) is 6.20 Å². The summed E-state index contributed by atoms with van der Waals surface area (Å²) in [6.07, 6.45) is 1.71. The van der Waals surface area contributed by atoms with Crippen LogP contribution in [0.2, 0.25) is 0 Å². The Morgan fingerprint density at radius 3 is 3.00 bits per heavy atom. The fourth-order valence-electron chi connectivity index (χ4n) is 1.67. The molecule has 0 spiro atoms. The highest BCUT2D eigenvalue weighted by Crippen LogP contribution is 2.28. The number of benzene rings is 1. The number of para-hydroxylation sites is 1. The van der Waals surface area contributed by atoms with Gasteiger partial charge in [0.15, 0.2) is 0 Å². The summed E-state index contributed by atoms with van der Waals surface area (Å²) in [5.74, 6) is -0.736. The van der Waals surface area contributed by atoms with Gasteiger partial charge in [-0.05, 0) is 12.1 Å². The fraction of sp³-hybridized carbons (Fsp3) is 0.250. The molecule has 2 rings (SSSR count). The molecule has 100 valence electrons. The molecular weight excluding hydrogens is 269 g/mol. The number of nitro groups is 1. The number of hydrogen-bond acceptors (Lipinski definition) is 5. The van der Waals surface area contributed by atoms with Crippen molar-refractivity contribution in [2.45, 2.75) is 12.8 Å². The molecule has 0 aliphatic rings. The van der Waals surface area contributed by atoms with Crippen molar-refractivity contribution in [3.8, 4) is 0 Å². The number of nitrogens with zero attached hydrogens (tertiary/aromatic N) is 2. The maximum absolute atomic E-state index is 13.4. The molecule has 0 aliphatic heterocycles. The number of nitro benzene ring substituents is 1. The van der Waals surface area contributed by atoms with Crippen molar-refractivity contribution in [2.24, 2.45) is 0 Å². The van der Waals surface area contributed by atoms with E-state index in [-0.39, 0.29) is 11.6 Å². The first-order chi connectivity index (χ1) is 9.09. The molecular formula is C12H12FN3O2S. The third-order valence-corrected chi connectivity index (χ3v) is 3.65. The molecule has 1 aromatic carbocycles. The lowest BCUT2D eigenvalue weighted by atomic mass is 10.2. The maximum atomic E-state index is 13.4. The second-order valence-corrected chi connectivity index (χ2v) is 4.97. The summed E-state index contributed by atoms with van der Waals surface area (Å²) in [6.45, 7) is 2.41. The van der Waals surface area contributed by atoms with Crippen LogP contribution in [-0.2, 0) is 0 Å². The van der Waals surface area contributed by atoms with Crippen LogP contribution < -0.4 is 5.32 Å². The van der Waals surface area contributed by atoms with Gasteiger partial charge in [-0.15, -0.1) is 11.3 Å². The van der Waals surface area contributed by atoms with Crippen LogP contribution in [0.5, 0.6) is 0 Å². The molecule has 1 heterocycles. The zero-order chi connectivity index (χ0) is 13.8. The number of anilines is 1. The van der Waals surface area contributed by atoms with E-state index in [0.717, 1.165) is 11.1 Å². The fourth-order valence-corrected chi connectivity index (χ4v) is 2.37. The van der Waals surface area contributed by atoms with Crippen LogP contribution in [0.1, 0.15) is 17.8 Å². The molecule has 0 saturated carbocycles. The van der Waals surface area contributed by atoms with E-state index in [4.69, 9.17) is 0 Å². The minimum absolute atomic E-state index is 0.0999. The van der Waals surface area contributed by atoms with Gasteiger partial charge in [-0.2, -0.15) is 4.39 Å². The molecule has 1 aromatic heterocycles. The Bertz CT molecular complexity index is 574. The van der Waals surface area contributed by atoms with Crippen LogP contribution in [-0.4, -0.2) is 16.5 Å². The first-order valence-corrected chi connectivity index (χ1v) is 6.53. The molecule has 0 unspecified atom stereocenters. The summed E-state index contributed by atoms with van der Waals surface area (Å²) in [5, 5.41) is 16.5. The summed E-state index contributed by atoms with van der Waals surface area (Å²) in [7, 11) is 0. The van der Waals surface area contributed by atoms with Crippen LogP contribution in [0.3, 0.4) is 0 Å². The highest BCUT2D eigenvalue weighted by molar-refractivity contribution is 7.09. The molecule has 19 heavy (non-hydrogen) atoms. The highest BCUT2D eigenvalue weighted by Gasteiger charge is 2.20. The van der Waals surface area contributed by atoms with Crippen molar-refractivity contribution < 1.29 is 9.31 Å². The Morgan fingerprint density at radius 2 is 2.37 bits per heavy atom. The third kappa shape index (κ3) is 3.05. The zero-order valence-corrected chi connectivity index (χ0v) is 11.0. The van der Waals surface area contributed by atoms with Crippen molar-refractivity contribution in [3.05, 3.63) is 50.7 Å². The van der Waals surface area contributed by atoms with Gasteiger partial charge in [-0.3, -0.25) is 10.1 Å². The lowest BCUT2D eigenvalue weighted by molar-refractivity contribution is -0.386. The summed E-state index contributed by atoms with van der Waals surface area (Å²) >= 11 is 1.52. The van der Waals surface area contributed by atoms with Gasteiger partial charge in [-0.25, -0.2) is 4.98 Å². The van der Waals surface area contributed by atoms with Crippen LogP contribution in [0, 0.1) is 15.9 Å². The van der Waals surface area contributed by atoms with Crippen LogP contribution >= 0.6 is 11.3 Å². The van der Waals surface area contributed by atoms with E-state index in [9.17, 15) is 14.5 Å². The molecule has 7 heteroatoms. The topological polar surface area (TPSA) is 68.1 Å². The van der Waals surface area contributed by atoms with Crippen molar-refractivity contribution in [1.82, 2.24) is 4.98 Å². The van der Waals surface area contributed by atoms with Crippen LogP contribution in [0.4, 0.5) is 15.8 Å². The maximum Gasteiger partial charge on any atom is 0.327 e. The van der Waals surface area contributed by atoms with Gasteiger partial charge in [0.1, 0.15) is 5.69 Å². The van der Waals surface area contributed by atoms with Crippen molar-refractivity contribution >= 4 is 22.7 Å². The number of thiazole rings is 1. The Morgan fingerprint density at radius 1 is 1.58 bits per heavy atom. The quantitative estimate of drug-likeness (QED) is 0.673. The molecule has 1 N–H and O–H groups in total. The number of hydrogen-bond donors (Lipinski definition) is 1. The average molecular weight is 281 g/mol. The van der Waals surface area contributed by atoms with Gasteiger partial charge in [0, 0.05) is 24.0 Å². The third-order valence-electron chi connectivity index (χ3n) is 2.64. The number of aromatic nitrogens is 1. The normalized spacial score (nSPS) is 12.1. The van der Waals surface area contributed by atoms with Gasteiger partial charge in [-0.1, -0.05) is 13.0 Å². The van der Waals surface area contributed by atoms with Gasteiger partial charge < -0.3 is 5.32 Å². The van der Waals surface area contributed by atoms with E-state index in [1.807, 2.05) is 12.3 Å². The largest absolute Gasteiger partial charge is 0.379 e. The molecule has 0 saturated heterocycles. The van der Waals surface area contributed by atoms with E-state index in [2.05, 4.69) is 10.3 Å². The first-order valence-electron chi connectivity index (χ1n) is 5.65. The second-order valence-electron chi connectivity index (χ2n) is 4.05. The minimum Gasteiger partial charge on any atom is -0.379 e. The van der Waals surface area contributed by atoms with Gasteiger partial charge in [0.2, 0.25) is 5.82 Å². The van der Waals surface area contributed by atoms with Gasteiger partial charge in [0.25, 0.3) is 0 Å². The SMILES string of the molecule is C[C@H](CNc1cccc(F)c1[N+](=O)[O-])c1nccs1. The predicted octanol–water partition coefficient (Wildman–Crippen LogP) is 3.41. The lowest BCUT2D eigenvalue weighted by Gasteiger charge is -2.11. The minimum atomic E-state index is -0.836. The number of rotatable bonds is 5. The average Bonchev–Trinajstić information content (AvgIpc) is 2.89. The molecule has 5 nitrogen and oxygen atoms in total. The molecule has 0 fully saturated rings. The second kappa shape index (κ2) is 5.75. The summed E-state index contributed by atoms with van der Waals surface area (Å²) in [4.78, 5) is 14.3. The van der Waals surface area contributed by atoms with E-state index >= 15 is 0 Å². The van der Waals surface area contributed by atoms with Crippen LogP contribution in [0.25, 0.3) is 0 Å². The van der Waals surface area contributed by atoms with Crippen molar-refractivity contribution in [1.29, 1.82) is 0 Å². The molecule has 0 bridgehead atoms. The Balaban J connectivity index is 2.12. The van der Waals surface area contributed by atoms with Crippen molar-refractivity contribution in [3.63, 3.8) is 0 Å². The Hall–Kier alpha value is -2.02.